The van der Waals surface area contributed by atoms with E-state index < -0.39 is 11.5 Å². The molecule has 0 aliphatic carbocycles. The second-order valence-corrected chi connectivity index (χ2v) is 7.71. The summed E-state index contributed by atoms with van der Waals surface area (Å²) in [4.78, 5) is 24.9. The Morgan fingerprint density at radius 3 is 1.92 bits per heavy atom. The van der Waals surface area contributed by atoms with Gasteiger partial charge in [-0.1, -0.05) is 80.9 Å². The van der Waals surface area contributed by atoms with Crippen molar-refractivity contribution in [1.29, 1.82) is 0 Å². The molecule has 0 saturated carbocycles. The summed E-state index contributed by atoms with van der Waals surface area (Å²) in [6.07, 6.45) is 0. The molecule has 2 unspecified atom stereocenters. The number of hydrogen-bond acceptors (Lipinski definition) is 2. The molecule has 2 aromatic rings. The van der Waals surface area contributed by atoms with E-state index in [0.717, 1.165) is 16.7 Å². The summed E-state index contributed by atoms with van der Waals surface area (Å²) in [6.45, 7) is 9.21. The standard InChI is InChI=1S/C22H28N2O2/c1-15-11-13-18(14-12-15)19(17-9-7-6-8-10-17)24-20(25)16(2)23-21(26)22(3,4)5/h6-14,16,19H,1-5H3,(H,23,26)(H,24,25). The molecule has 2 amide bonds. The van der Waals surface area contributed by atoms with Gasteiger partial charge in [0.05, 0.1) is 6.04 Å². The molecule has 0 radical (unpaired) electrons. The van der Waals surface area contributed by atoms with Gasteiger partial charge in [-0.2, -0.15) is 0 Å². The maximum Gasteiger partial charge on any atom is 0.243 e. The van der Waals surface area contributed by atoms with Crippen LogP contribution in [-0.2, 0) is 9.59 Å². The predicted octanol–water partition coefficient (Wildman–Crippen LogP) is 3.75. The van der Waals surface area contributed by atoms with Crippen LogP contribution in [-0.4, -0.2) is 17.9 Å². The van der Waals surface area contributed by atoms with Crippen LogP contribution in [0.25, 0.3) is 0 Å². The Hall–Kier alpha value is -2.62. The van der Waals surface area contributed by atoms with Crippen LogP contribution in [0.3, 0.4) is 0 Å². The van der Waals surface area contributed by atoms with E-state index in [1.54, 1.807) is 6.92 Å². The van der Waals surface area contributed by atoms with Crippen molar-refractivity contribution in [2.75, 3.05) is 0 Å². The molecule has 0 bridgehead atoms. The summed E-state index contributed by atoms with van der Waals surface area (Å²) < 4.78 is 0. The van der Waals surface area contributed by atoms with E-state index in [1.165, 1.54) is 0 Å². The van der Waals surface area contributed by atoms with Crippen LogP contribution >= 0.6 is 0 Å². The SMILES string of the molecule is Cc1ccc(C(NC(=O)C(C)NC(=O)C(C)(C)C)c2ccccc2)cc1. The lowest BCUT2D eigenvalue weighted by molar-refractivity contribution is -0.133. The fourth-order valence-corrected chi connectivity index (χ4v) is 2.51. The van der Waals surface area contributed by atoms with Crippen LogP contribution in [0.1, 0.15) is 50.4 Å². The number of amides is 2. The number of nitrogens with one attached hydrogen (secondary N) is 2. The van der Waals surface area contributed by atoms with E-state index >= 15 is 0 Å². The highest BCUT2D eigenvalue weighted by atomic mass is 16.2. The van der Waals surface area contributed by atoms with Crippen molar-refractivity contribution in [3.63, 3.8) is 0 Å². The Labute approximate surface area is 156 Å². The first-order chi connectivity index (χ1) is 12.2. The number of rotatable bonds is 5. The molecule has 2 rings (SSSR count). The van der Waals surface area contributed by atoms with Crippen LogP contribution in [0, 0.1) is 12.3 Å². The molecule has 0 aliphatic rings. The van der Waals surface area contributed by atoms with Gasteiger partial charge in [-0.05, 0) is 25.0 Å². The number of carbonyl (C=O) groups is 2. The quantitative estimate of drug-likeness (QED) is 0.861. The van der Waals surface area contributed by atoms with Crippen LogP contribution in [0.2, 0.25) is 0 Å². The summed E-state index contributed by atoms with van der Waals surface area (Å²) >= 11 is 0. The zero-order valence-electron chi connectivity index (χ0n) is 16.2. The lowest BCUT2D eigenvalue weighted by Crippen LogP contribution is -2.49. The zero-order chi connectivity index (χ0) is 19.3. The third kappa shape index (κ3) is 5.19. The van der Waals surface area contributed by atoms with Gasteiger partial charge in [0.25, 0.3) is 0 Å². The summed E-state index contributed by atoms with van der Waals surface area (Å²) in [6, 6.07) is 17.1. The molecule has 4 heteroatoms. The third-order valence-electron chi connectivity index (χ3n) is 4.25. The number of carbonyl (C=O) groups excluding carboxylic acids is 2. The second kappa shape index (κ2) is 8.17. The van der Waals surface area contributed by atoms with Crippen molar-refractivity contribution in [2.45, 2.75) is 46.7 Å². The lowest BCUT2D eigenvalue weighted by atomic mass is 9.95. The van der Waals surface area contributed by atoms with Gasteiger partial charge in [0, 0.05) is 5.41 Å². The highest BCUT2D eigenvalue weighted by Gasteiger charge is 2.26. The first-order valence-corrected chi connectivity index (χ1v) is 8.91. The van der Waals surface area contributed by atoms with E-state index in [9.17, 15) is 9.59 Å². The molecule has 0 saturated heterocycles. The average molecular weight is 352 g/mol. The zero-order valence-corrected chi connectivity index (χ0v) is 16.2. The normalized spacial score (nSPS) is 13.6. The lowest BCUT2D eigenvalue weighted by Gasteiger charge is -2.25. The van der Waals surface area contributed by atoms with Crippen LogP contribution in [0.4, 0.5) is 0 Å². The molecular formula is C22H28N2O2. The maximum atomic E-state index is 12.7. The van der Waals surface area contributed by atoms with Gasteiger partial charge in [-0.3, -0.25) is 9.59 Å². The molecule has 0 fully saturated rings. The Morgan fingerprint density at radius 2 is 1.38 bits per heavy atom. The summed E-state index contributed by atoms with van der Waals surface area (Å²) in [5.74, 6) is -0.358. The Balaban J connectivity index is 2.20. The average Bonchev–Trinajstić information content (AvgIpc) is 2.60. The number of aryl methyl sites for hydroxylation is 1. The van der Waals surface area contributed by atoms with Gasteiger partial charge >= 0.3 is 0 Å². The van der Waals surface area contributed by atoms with Gasteiger partial charge in [0.1, 0.15) is 6.04 Å². The first-order valence-electron chi connectivity index (χ1n) is 8.91. The summed E-state index contributed by atoms with van der Waals surface area (Å²) in [5.41, 5.74) is 2.63. The molecule has 2 N–H and O–H groups in total. The molecule has 0 spiro atoms. The van der Waals surface area contributed by atoms with Gasteiger partial charge in [0.2, 0.25) is 11.8 Å². The molecule has 2 atom stereocenters. The molecule has 0 aliphatic heterocycles. The molecule has 0 aromatic heterocycles. The van der Waals surface area contributed by atoms with Gasteiger partial charge in [-0.25, -0.2) is 0 Å². The minimum atomic E-state index is -0.613. The van der Waals surface area contributed by atoms with Crippen molar-refractivity contribution in [3.8, 4) is 0 Å². The molecule has 2 aromatic carbocycles. The van der Waals surface area contributed by atoms with Crippen molar-refractivity contribution < 1.29 is 9.59 Å². The van der Waals surface area contributed by atoms with Gasteiger partial charge < -0.3 is 10.6 Å². The number of benzene rings is 2. The smallest absolute Gasteiger partial charge is 0.243 e. The molecule has 4 nitrogen and oxygen atoms in total. The minimum absolute atomic E-state index is 0.147. The van der Waals surface area contributed by atoms with Crippen molar-refractivity contribution >= 4 is 11.8 Å². The topological polar surface area (TPSA) is 58.2 Å². The van der Waals surface area contributed by atoms with Crippen molar-refractivity contribution in [1.82, 2.24) is 10.6 Å². The monoisotopic (exact) mass is 352 g/mol. The highest BCUT2D eigenvalue weighted by molar-refractivity contribution is 5.89. The fourth-order valence-electron chi connectivity index (χ4n) is 2.51. The predicted molar refractivity (Wildman–Crippen MR) is 105 cm³/mol. The Bertz CT molecular complexity index is 746. The largest absolute Gasteiger partial charge is 0.344 e. The molecule has 26 heavy (non-hydrogen) atoms. The molecular weight excluding hydrogens is 324 g/mol. The van der Waals surface area contributed by atoms with Crippen molar-refractivity contribution in [3.05, 3.63) is 71.3 Å². The summed E-state index contributed by atoms with van der Waals surface area (Å²) in [7, 11) is 0. The Morgan fingerprint density at radius 1 is 0.846 bits per heavy atom. The molecule has 0 heterocycles. The van der Waals surface area contributed by atoms with Gasteiger partial charge in [-0.15, -0.1) is 0 Å². The van der Waals surface area contributed by atoms with Crippen LogP contribution < -0.4 is 10.6 Å². The minimum Gasteiger partial charge on any atom is -0.344 e. The van der Waals surface area contributed by atoms with E-state index in [4.69, 9.17) is 0 Å². The third-order valence-corrected chi connectivity index (χ3v) is 4.25. The van der Waals surface area contributed by atoms with Crippen LogP contribution in [0.15, 0.2) is 54.6 Å². The second-order valence-electron chi connectivity index (χ2n) is 7.71. The first kappa shape index (κ1) is 19.7. The summed E-state index contributed by atoms with van der Waals surface area (Å²) in [5, 5.41) is 5.86. The van der Waals surface area contributed by atoms with Crippen molar-refractivity contribution in [2.24, 2.45) is 5.41 Å². The fraction of sp³-hybridized carbons (Fsp3) is 0.364. The van der Waals surface area contributed by atoms with E-state index in [-0.39, 0.29) is 17.9 Å². The van der Waals surface area contributed by atoms with E-state index in [2.05, 4.69) is 10.6 Å². The Kier molecular flexibility index (Phi) is 6.19. The van der Waals surface area contributed by atoms with Crippen LogP contribution in [0.5, 0.6) is 0 Å². The van der Waals surface area contributed by atoms with Gasteiger partial charge in [0.15, 0.2) is 0 Å². The number of hydrogen-bond donors (Lipinski definition) is 2. The highest BCUT2D eigenvalue weighted by Crippen LogP contribution is 2.22. The van der Waals surface area contributed by atoms with E-state index in [1.807, 2.05) is 82.3 Å². The van der Waals surface area contributed by atoms with E-state index in [0.29, 0.717) is 0 Å². The maximum absolute atomic E-state index is 12.7. The molecule has 138 valence electrons.